The van der Waals surface area contributed by atoms with Gasteiger partial charge in [-0.25, -0.2) is 4.39 Å². The van der Waals surface area contributed by atoms with Gasteiger partial charge in [0.1, 0.15) is 17.0 Å². The van der Waals surface area contributed by atoms with Crippen LogP contribution in [0.1, 0.15) is 128 Å². The van der Waals surface area contributed by atoms with Crippen LogP contribution < -0.4 is 0 Å². The third kappa shape index (κ3) is 9.65. The maximum Gasteiger partial charge on any atom is 0.146 e. The van der Waals surface area contributed by atoms with Gasteiger partial charge in [-0.15, -0.1) is 0 Å². The summed E-state index contributed by atoms with van der Waals surface area (Å²) in [5.74, 6) is -3.47. The number of halogens is 1. The van der Waals surface area contributed by atoms with Crippen LogP contribution in [0.5, 0.6) is 0 Å². The zero-order valence-corrected chi connectivity index (χ0v) is 39.5. The van der Waals surface area contributed by atoms with Gasteiger partial charge >= 0.3 is 0 Å². The van der Waals surface area contributed by atoms with Gasteiger partial charge in [0.05, 0.1) is 24.0 Å². The number of hydrogen-bond donors (Lipinski definition) is 0. The summed E-state index contributed by atoms with van der Waals surface area (Å²) >= 11 is 0. The van der Waals surface area contributed by atoms with Crippen LogP contribution in [0.15, 0.2) is 187 Å². The second-order valence-corrected chi connectivity index (χ2v) is 18.4. The first kappa shape index (κ1) is 31.8. The lowest BCUT2D eigenvalue weighted by atomic mass is 9.88. The number of para-hydroxylation sites is 1. The van der Waals surface area contributed by atoms with Crippen LogP contribution in [0.25, 0.3) is 66.8 Å². The summed E-state index contributed by atoms with van der Waals surface area (Å²) in [6, 6.07) is 42.1. The molecular weight excluding hydrogens is 882 g/mol. The Morgan fingerprint density at radius 3 is 1.49 bits per heavy atom. The summed E-state index contributed by atoms with van der Waals surface area (Å²) in [6.07, 6.45) is -11.4. The van der Waals surface area contributed by atoms with Gasteiger partial charge in [-0.3, -0.25) is 15.0 Å². The van der Waals surface area contributed by atoms with Gasteiger partial charge in [0.15, 0.2) is 0 Å². The van der Waals surface area contributed by atoms with Crippen LogP contribution in [0.2, 0.25) is 0 Å². The lowest BCUT2D eigenvalue weighted by Crippen LogP contribution is -2.05. The first-order valence-electron chi connectivity index (χ1n) is 32.2. The van der Waals surface area contributed by atoms with Crippen LogP contribution in [0.3, 0.4) is 0 Å². The molecule has 0 spiro atoms. The van der Waals surface area contributed by atoms with E-state index < -0.39 is 72.5 Å². The molecule has 72 heavy (non-hydrogen) atoms. The number of benzene rings is 6. The Hall–Kier alpha value is -7.50. The van der Waals surface area contributed by atoms with Crippen molar-refractivity contribution in [3.05, 3.63) is 233 Å². The predicted molar refractivity (Wildman–Crippen MR) is 293 cm³/mol. The van der Waals surface area contributed by atoms with Gasteiger partial charge in [0.25, 0.3) is 0 Å². The maximum absolute atomic E-state index is 15.8. The van der Waals surface area contributed by atoms with Crippen molar-refractivity contribution in [2.75, 3.05) is 0 Å². The van der Waals surface area contributed by atoms with E-state index in [9.17, 15) is 19.2 Å². The van der Waals surface area contributed by atoms with Crippen molar-refractivity contribution >= 4 is 21.9 Å². The van der Waals surface area contributed by atoms with E-state index in [1.54, 1.807) is 60.7 Å². The minimum Gasteiger partial charge on any atom is -0.455 e. The fraction of sp³-hybridized carbons (Fsp3) is 0.239. The summed E-state index contributed by atoms with van der Waals surface area (Å²) in [5.41, 5.74) is 1.68. The Kier molecular flexibility index (Phi) is 9.12. The number of hydrogen-bond acceptors (Lipinski definition) is 4. The average molecular weight is 957 g/mol. The van der Waals surface area contributed by atoms with Crippen molar-refractivity contribution in [3.63, 3.8) is 0 Å². The fourth-order valence-corrected chi connectivity index (χ4v) is 10.1. The summed E-state index contributed by atoms with van der Waals surface area (Å²) in [6.45, 7) is 0. The van der Waals surface area contributed by atoms with Crippen LogP contribution in [0.4, 0.5) is 4.39 Å². The Morgan fingerprint density at radius 2 is 0.958 bits per heavy atom. The molecule has 2 fully saturated rings. The van der Waals surface area contributed by atoms with Crippen LogP contribution in [-0.2, 0) is 38.2 Å². The highest BCUT2D eigenvalue weighted by molar-refractivity contribution is 6.12. The number of rotatable bonds is 15. The Labute approximate surface area is 444 Å². The number of furan rings is 1. The van der Waals surface area contributed by atoms with Crippen molar-refractivity contribution in [1.29, 1.82) is 0 Å². The van der Waals surface area contributed by atoms with Gasteiger partial charge in [-0.2, -0.15) is 0 Å². The van der Waals surface area contributed by atoms with Crippen molar-refractivity contribution < 1.29 is 29.4 Å². The van der Waals surface area contributed by atoms with Gasteiger partial charge in [-0.1, -0.05) is 153 Å². The largest absolute Gasteiger partial charge is 0.455 e. The zero-order chi connectivity index (χ0) is 61.7. The molecule has 4 heterocycles. The van der Waals surface area contributed by atoms with E-state index in [0.29, 0.717) is 101 Å². The molecule has 0 N–H and O–H groups in total. The average Bonchev–Trinajstić information content (AvgIpc) is 3.16. The summed E-state index contributed by atoms with van der Waals surface area (Å²) < 4.78 is 168. The molecule has 356 valence electrons. The topological polar surface area (TPSA) is 51.8 Å². The van der Waals surface area contributed by atoms with Crippen molar-refractivity contribution in [2.24, 2.45) is 0 Å². The fourth-order valence-electron chi connectivity index (χ4n) is 10.1. The van der Waals surface area contributed by atoms with Gasteiger partial charge in [0, 0.05) is 65.2 Å². The molecule has 2 aliphatic rings. The number of fused-ring (bicyclic) bond motifs is 3. The second-order valence-electron chi connectivity index (χ2n) is 18.4. The highest BCUT2D eigenvalue weighted by atomic mass is 19.1. The molecule has 10 aromatic rings. The normalized spacial score (nSPS) is 19.4. The SMILES string of the molecule is [2H]c1cc2c(oc3c(-c4ccc(C([2H])([2H])C([2H])([2H])c5cc(C([2H])([2H])C([2H])([2H])c6cnc(-c7ccccc7)cc6C6([2H])CCCC6)cc(C([2H])([2H])C([2H])([2H])c6cnc(-c7ccccc7)cc6C6([2H])CCCC6)c5)cn4)cccc32)c(-c2ccccc2)c1F. The Bertz CT molecular complexity index is 4090. The van der Waals surface area contributed by atoms with E-state index in [4.69, 9.17) is 5.79 Å². The third-order valence-corrected chi connectivity index (χ3v) is 13.7. The molecule has 0 aliphatic heterocycles. The molecule has 2 aliphatic carbocycles. The minimum atomic E-state index is -3.25. The van der Waals surface area contributed by atoms with Gasteiger partial charge in [0.2, 0.25) is 0 Å². The van der Waals surface area contributed by atoms with E-state index >= 15 is 4.39 Å². The zero-order valence-electron chi connectivity index (χ0n) is 54.5. The van der Waals surface area contributed by atoms with E-state index in [0.717, 1.165) is 24.4 Å². The summed E-state index contributed by atoms with van der Waals surface area (Å²) in [7, 11) is 0. The molecule has 2 saturated carbocycles. The molecule has 4 aromatic heterocycles. The van der Waals surface area contributed by atoms with Crippen LogP contribution >= 0.6 is 0 Å². The molecule has 0 bridgehead atoms. The molecule has 0 saturated heterocycles. The molecule has 12 rings (SSSR count). The number of aromatic nitrogens is 3. The molecule has 0 unspecified atom stereocenters. The minimum absolute atomic E-state index is 0.105. The number of pyridine rings is 3. The number of nitrogens with zero attached hydrogens (tertiary/aromatic N) is 3. The first-order valence-corrected chi connectivity index (χ1v) is 24.7. The Balaban J connectivity index is 0.994. The quantitative estimate of drug-likeness (QED) is 0.103. The standard InChI is InChI=1S/C67H60FN3O/c68-61-35-34-57-56-25-14-26-58(66(56)72-67(57)65(61)53-23-8-3-9-24-53)62-36-31-45(42-69-62)27-28-46-37-47(29-32-54-43-70-63(51-19-4-1-5-20-51)40-59(54)49-15-10-11-16-49)39-48(38-46)30-33-55-44-71-64(52-21-6-2-7-22-52)41-60(55)50-17-12-13-18-50/h1-9,14,19-26,31,34-44,49-50H,10-13,15-18,27-30,32-33H2/i27D2,28D2,29D2,30D2,32D2,33D2,35D,49D,50D. The number of aryl methyl sites for hydroxylation is 6. The van der Waals surface area contributed by atoms with E-state index in [2.05, 4.69) is 15.0 Å². The van der Waals surface area contributed by atoms with Gasteiger partial charge < -0.3 is 4.42 Å². The van der Waals surface area contributed by atoms with E-state index in [-0.39, 0.29) is 50.7 Å². The van der Waals surface area contributed by atoms with E-state index in [1.807, 2.05) is 60.7 Å². The van der Waals surface area contributed by atoms with Crippen LogP contribution in [0, 0.1) is 5.82 Å². The van der Waals surface area contributed by atoms with Crippen molar-refractivity contribution in [3.8, 4) is 44.9 Å². The molecule has 0 radical (unpaired) electrons. The second kappa shape index (κ2) is 20.7. The molecule has 6 aromatic carbocycles. The molecule has 0 amide bonds. The highest BCUT2D eigenvalue weighted by Gasteiger charge is 2.24. The lowest BCUT2D eigenvalue weighted by Gasteiger charge is -2.18. The molecule has 4 nitrogen and oxygen atoms in total. The lowest BCUT2D eigenvalue weighted by molar-refractivity contribution is 0.622. The first-order chi connectivity index (χ1) is 41.2. The van der Waals surface area contributed by atoms with Crippen molar-refractivity contribution in [1.82, 2.24) is 15.0 Å². The third-order valence-electron chi connectivity index (χ3n) is 13.7. The van der Waals surface area contributed by atoms with Crippen molar-refractivity contribution in [2.45, 2.75) is 101 Å². The molecule has 5 heteroatoms. The summed E-state index contributed by atoms with van der Waals surface area (Å²) in [4.78, 5) is 13.8. The van der Waals surface area contributed by atoms with Gasteiger partial charge in [-0.05, 0) is 162 Å². The van der Waals surface area contributed by atoms with Crippen LogP contribution in [-0.4, -0.2) is 15.0 Å². The predicted octanol–water partition coefficient (Wildman–Crippen LogP) is 17.2. The molecule has 0 atom stereocenters. The monoisotopic (exact) mass is 957 g/mol. The highest BCUT2D eigenvalue weighted by Crippen LogP contribution is 2.42. The Morgan fingerprint density at radius 1 is 0.472 bits per heavy atom. The van der Waals surface area contributed by atoms with E-state index in [1.165, 1.54) is 30.6 Å². The smallest absolute Gasteiger partial charge is 0.146 e. The molecular formula is C67H60FN3O. The maximum atomic E-state index is 15.8. The summed E-state index contributed by atoms with van der Waals surface area (Å²) in [5, 5.41) is 1.04.